The summed E-state index contributed by atoms with van der Waals surface area (Å²) in [6, 6.07) is 5.36. The molecule has 102 valence electrons. The molecule has 0 spiro atoms. The molecule has 0 bridgehead atoms. The van der Waals surface area contributed by atoms with Crippen molar-refractivity contribution in [3.05, 3.63) is 18.2 Å². The predicted molar refractivity (Wildman–Crippen MR) is 70.5 cm³/mol. The highest BCUT2D eigenvalue weighted by Crippen LogP contribution is 2.32. The zero-order valence-electron chi connectivity index (χ0n) is 11.1. The fraction of sp³-hybridized carbons (Fsp3) is 0.538. The molecule has 0 saturated heterocycles. The van der Waals surface area contributed by atoms with E-state index in [0.29, 0.717) is 17.9 Å². The Labute approximate surface area is 108 Å². The molecule has 1 atom stereocenters. The van der Waals surface area contributed by atoms with Gasteiger partial charge in [-0.1, -0.05) is 0 Å². The van der Waals surface area contributed by atoms with Crippen LogP contribution in [-0.4, -0.2) is 50.7 Å². The van der Waals surface area contributed by atoms with Crippen molar-refractivity contribution in [1.29, 1.82) is 0 Å². The third kappa shape index (κ3) is 3.27. The van der Waals surface area contributed by atoms with Crippen molar-refractivity contribution in [2.24, 2.45) is 0 Å². The lowest BCUT2D eigenvalue weighted by Gasteiger charge is -2.29. The lowest BCUT2D eigenvalue weighted by molar-refractivity contribution is 0.217. The number of hydrogen-bond acceptors (Lipinski definition) is 5. The van der Waals surface area contributed by atoms with Crippen LogP contribution in [0.4, 0.5) is 5.69 Å². The number of aliphatic hydroxyl groups is 2. The van der Waals surface area contributed by atoms with Crippen molar-refractivity contribution in [2.45, 2.75) is 12.5 Å². The second kappa shape index (κ2) is 7.08. The van der Waals surface area contributed by atoms with E-state index in [1.165, 1.54) is 0 Å². The van der Waals surface area contributed by atoms with Crippen LogP contribution in [0.1, 0.15) is 6.42 Å². The molecule has 0 saturated carbocycles. The molecule has 5 heteroatoms. The molecule has 18 heavy (non-hydrogen) atoms. The number of benzene rings is 1. The third-order valence-corrected chi connectivity index (χ3v) is 2.99. The third-order valence-electron chi connectivity index (χ3n) is 2.99. The summed E-state index contributed by atoms with van der Waals surface area (Å²) in [6.45, 7) is 0.0142. The van der Waals surface area contributed by atoms with Crippen LogP contribution in [0.5, 0.6) is 11.5 Å². The summed E-state index contributed by atoms with van der Waals surface area (Å²) in [5, 5.41) is 18.3. The van der Waals surface area contributed by atoms with Gasteiger partial charge in [-0.05, 0) is 18.6 Å². The van der Waals surface area contributed by atoms with Crippen LogP contribution in [0.25, 0.3) is 0 Å². The molecule has 0 aromatic heterocycles. The zero-order chi connectivity index (χ0) is 13.5. The molecule has 1 rings (SSSR count). The summed E-state index contributed by atoms with van der Waals surface area (Å²) in [5.74, 6) is 1.39. The van der Waals surface area contributed by atoms with Gasteiger partial charge in [-0.25, -0.2) is 0 Å². The molecule has 1 aromatic rings. The molecule has 0 aliphatic rings. The Hall–Kier alpha value is -1.46. The first-order chi connectivity index (χ1) is 8.67. The van der Waals surface area contributed by atoms with Crippen LogP contribution in [0, 0.1) is 0 Å². The van der Waals surface area contributed by atoms with Gasteiger partial charge in [0.1, 0.15) is 11.5 Å². The van der Waals surface area contributed by atoms with Crippen LogP contribution in [0.2, 0.25) is 0 Å². The molecule has 5 nitrogen and oxygen atoms in total. The molecule has 1 unspecified atom stereocenters. The van der Waals surface area contributed by atoms with Crippen molar-refractivity contribution in [3.8, 4) is 11.5 Å². The first-order valence-corrected chi connectivity index (χ1v) is 5.84. The Bertz CT molecular complexity index is 370. The molecular formula is C13H21NO4. The Morgan fingerprint density at radius 3 is 2.44 bits per heavy atom. The highest BCUT2D eigenvalue weighted by Gasteiger charge is 2.17. The van der Waals surface area contributed by atoms with Gasteiger partial charge in [0.2, 0.25) is 0 Å². The molecule has 0 radical (unpaired) electrons. The van der Waals surface area contributed by atoms with Gasteiger partial charge < -0.3 is 24.6 Å². The normalized spacial score (nSPS) is 12.1. The lowest BCUT2D eigenvalue weighted by Crippen LogP contribution is -2.35. The maximum Gasteiger partial charge on any atom is 0.145 e. The van der Waals surface area contributed by atoms with Crippen LogP contribution < -0.4 is 14.4 Å². The summed E-state index contributed by atoms with van der Waals surface area (Å²) in [6.07, 6.45) is 0.502. The predicted octanol–water partition coefficient (Wildman–Crippen LogP) is 0.883. The van der Waals surface area contributed by atoms with Gasteiger partial charge in [0.05, 0.1) is 32.6 Å². The molecule has 0 amide bonds. The van der Waals surface area contributed by atoms with Gasteiger partial charge in [-0.3, -0.25) is 0 Å². The second-order valence-corrected chi connectivity index (χ2v) is 4.00. The topological polar surface area (TPSA) is 62.2 Å². The van der Waals surface area contributed by atoms with Crippen molar-refractivity contribution >= 4 is 5.69 Å². The number of aliphatic hydroxyl groups excluding tert-OH is 2. The van der Waals surface area contributed by atoms with E-state index in [9.17, 15) is 5.11 Å². The van der Waals surface area contributed by atoms with Gasteiger partial charge in [0, 0.05) is 19.7 Å². The highest BCUT2D eigenvalue weighted by molar-refractivity contribution is 5.61. The first kappa shape index (κ1) is 14.6. The number of hydrogen-bond donors (Lipinski definition) is 2. The van der Waals surface area contributed by atoms with Gasteiger partial charge in [-0.15, -0.1) is 0 Å². The average molecular weight is 255 g/mol. The lowest BCUT2D eigenvalue weighted by atomic mass is 10.1. The van der Waals surface area contributed by atoms with Crippen LogP contribution >= 0.6 is 0 Å². The van der Waals surface area contributed by atoms with E-state index >= 15 is 0 Å². The minimum atomic E-state index is -0.141. The zero-order valence-corrected chi connectivity index (χ0v) is 11.1. The fourth-order valence-electron chi connectivity index (χ4n) is 1.83. The Morgan fingerprint density at radius 2 is 1.94 bits per heavy atom. The van der Waals surface area contributed by atoms with Crippen LogP contribution in [0.3, 0.4) is 0 Å². The maximum atomic E-state index is 9.33. The number of methoxy groups -OCH3 is 2. The summed E-state index contributed by atoms with van der Waals surface area (Å²) in [7, 11) is 5.05. The van der Waals surface area contributed by atoms with Crippen LogP contribution in [0.15, 0.2) is 18.2 Å². The number of ether oxygens (including phenoxy) is 2. The highest BCUT2D eigenvalue weighted by atomic mass is 16.5. The van der Waals surface area contributed by atoms with E-state index in [1.807, 2.05) is 24.1 Å². The Balaban J connectivity index is 2.99. The van der Waals surface area contributed by atoms with E-state index in [4.69, 9.17) is 14.6 Å². The van der Waals surface area contributed by atoms with Gasteiger partial charge in [-0.2, -0.15) is 0 Å². The van der Waals surface area contributed by atoms with E-state index in [1.54, 1.807) is 20.3 Å². The SMILES string of the molecule is COc1ccc(N(C)C(CO)CCO)c(OC)c1. The van der Waals surface area contributed by atoms with E-state index in [-0.39, 0.29) is 19.3 Å². The number of likely N-dealkylation sites (N-methyl/N-ethyl adjacent to an activating group) is 1. The number of anilines is 1. The maximum absolute atomic E-state index is 9.33. The molecular weight excluding hydrogens is 234 g/mol. The smallest absolute Gasteiger partial charge is 0.145 e. The van der Waals surface area contributed by atoms with Crippen LogP contribution in [-0.2, 0) is 0 Å². The summed E-state index contributed by atoms with van der Waals surface area (Å²) >= 11 is 0. The van der Waals surface area contributed by atoms with E-state index < -0.39 is 0 Å². The number of nitrogens with zero attached hydrogens (tertiary/aromatic N) is 1. The standard InChI is InChI=1S/C13H21NO4/c1-14(10(9-16)6-7-15)12-5-4-11(17-2)8-13(12)18-3/h4-5,8,10,15-16H,6-7,9H2,1-3H3. The molecule has 0 aliphatic carbocycles. The largest absolute Gasteiger partial charge is 0.497 e. The van der Waals surface area contributed by atoms with Crippen molar-refractivity contribution in [1.82, 2.24) is 0 Å². The molecule has 2 N–H and O–H groups in total. The van der Waals surface area contributed by atoms with E-state index in [2.05, 4.69) is 0 Å². The fourth-order valence-corrected chi connectivity index (χ4v) is 1.83. The quantitative estimate of drug-likeness (QED) is 0.757. The minimum Gasteiger partial charge on any atom is -0.497 e. The Kier molecular flexibility index (Phi) is 5.74. The molecule has 0 heterocycles. The van der Waals surface area contributed by atoms with Gasteiger partial charge in [0.15, 0.2) is 0 Å². The van der Waals surface area contributed by atoms with Gasteiger partial charge >= 0.3 is 0 Å². The first-order valence-electron chi connectivity index (χ1n) is 5.84. The van der Waals surface area contributed by atoms with Crippen molar-refractivity contribution in [3.63, 3.8) is 0 Å². The average Bonchev–Trinajstić information content (AvgIpc) is 2.43. The molecule has 0 aliphatic heterocycles. The van der Waals surface area contributed by atoms with Gasteiger partial charge in [0.25, 0.3) is 0 Å². The summed E-state index contributed by atoms with van der Waals surface area (Å²) in [5.41, 5.74) is 0.853. The van der Waals surface area contributed by atoms with Crippen molar-refractivity contribution in [2.75, 3.05) is 39.4 Å². The molecule has 1 aromatic carbocycles. The minimum absolute atomic E-state index is 0.0216. The summed E-state index contributed by atoms with van der Waals surface area (Å²) in [4.78, 5) is 1.90. The Morgan fingerprint density at radius 1 is 1.22 bits per heavy atom. The summed E-state index contributed by atoms with van der Waals surface area (Å²) < 4.78 is 10.5. The monoisotopic (exact) mass is 255 g/mol. The van der Waals surface area contributed by atoms with E-state index in [0.717, 1.165) is 5.69 Å². The molecule has 0 fully saturated rings. The second-order valence-electron chi connectivity index (χ2n) is 4.00. The number of rotatable bonds is 7. The van der Waals surface area contributed by atoms with Crippen molar-refractivity contribution < 1.29 is 19.7 Å².